The molecule has 7 nitrogen and oxygen atoms in total. The van der Waals surface area contributed by atoms with Crippen molar-refractivity contribution in [2.45, 2.75) is 39.2 Å². The molecule has 0 saturated carbocycles. The lowest BCUT2D eigenvalue weighted by atomic mass is 9.78. The normalized spacial score (nSPS) is 19.8. The molecule has 0 spiro atoms. The van der Waals surface area contributed by atoms with Crippen LogP contribution in [0.5, 0.6) is 0 Å². The van der Waals surface area contributed by atoms with Gasteiger partial charge in [0.25, 0.3) is 0 Å². The molecule has 170 valence electrons. The Balaban J connectivity index is 0.00000320. The van der Waals surface area contributed by atoms with Crippen molar-refractivity contribution in [3.05, 3.63) is 35.4 Å². The molecule has 30 heavy (non-hydrogen) atoms. The number of guanidine groups is 1. The second-order valence-corrected chi connectivity index (χ2v) is 10.0. The maximum atomic E-state index is 12.5. The molecule has 1 aromatic rings. The minimum atomic E-state index is -3.27. The van der Waals surface area contributed by atoms with E-state index in [0.717, 1.165) is 25.5 Å². The predicted molar refractivity (Wildman–Crippen MR) is 132 cm³/mol. The third kappa shape index (κ3) is 6.54. The Morgan fingerprint density at radius 1 is 1.23 bits per heavy atom. The number of piperazine rings is 1. The minimum absolute atomic E-state index is 0. The van der Waals surface area contributed by atoms with Crippen molar-refractivity contribution in [3.63, 3.8) is 0 Å². The predicted octanol–water partition coefficient (Wildman–Crippen LogP) is 2.28. The number of ether oxygens (including phenoxy) is 1. The number of nitrogens with one attached hydrogen (secondary N) is 1. The monoisotopic (exact) mass is 550 g/mol. The summed E-state index contributed by atoms with van der Waals surface area (Å²) in [5.41, 5.74) is 2.84. The van der Waals surface area contributed by atoms with Crippen molar-refractivity contribution in [1.82, 2.24) is 14.5 Å². The van der Waals surface area contributed by atoms with Crippen LogP contribution in [-0.2, 0) is 21.2 Å². The number of aliphatic imine (C=N–C) groups is 1. The number of nitrogens with zero attached hydrogens (tertiary/aromatic N) is 3. The van der Waals surface area contributed by atoms with Crippen LogP contribution in [0.2, 0.25) is 0 Å². The topological polar surface area (TPSA) is 74.2 Å². The smallest absolute Gasteiger partial charge is 0.216 e. The van der Waals surface area contributed by atoms with Crippen molar-refractivity contribution in [1.29, 1.82) is 0 Å². The maximum Gasteiger partial charge on any atom is 0.216 e. The second kappa shape index (κ2) is 11.6. The molecule has 1 atom stereocenters. The van der Waals surface area contributed by atoms with E-state index in [2.05, 4.69) is 41.4 Å². The summed E-state index contributed by atoms with van der Waals surface area (Å²) in [5, 5.41) is 3.37. The summed E-state index contributed by atoms with van der Waals surface area (Å²) in [6, 6.07) is 8.56. The minimum Gasteiger partial charge on any atom is -0.378 e. The van der Waals surface area contributed by atoms with Gasteiger partial charge >= 0.3 is 0 Å². The van der Waals surface area contributed by atoms with Crippen LogP contribution >= 0.6 is 24.0 Å². The summed E-state index contributed by atoms with van der Waals surface area (Å²) in [6.07, 6.45) is 1.13. The molecule has 1 fully saturated rings. The summed E-state index contributed by atoms with van der Waals surface area (Å²) < 4.78 is 32.1. The molecule has 3 rings (SSSR count). The van der Waals surface area contributed by atoms with Gasteiger partial charge in [-0.15, -0.1) is 24.0 Å². The number of hydrogen-bond donors (Lipinski definition) is 1. The van der Waals surface area contributed by atoms with Crippen molar-refractivity contribution >= 4 is 40.0 Å². The Morgan fingerprint density at radius 3 is 2.57 bits per heavy atom. The van der Waals surface area contributed by atoms with Crippen LogP contribution in [0.3, 0.4) is 0 Å². The standard InChI is InChI=1S/C21H34N4O3S.HI/c1-4-22-21(23-16-19-15-18-7-5-6-8-20(18)19)24-9-11-25(12-10-24)29(26,27)14-13-28-17(2)3;/h5-8,17,19H,4,9-16H2,1-3H3,(H,22,23);1H. The Morgan fingerprint density at radius 2 is 1.93 bits per heavy atom. The molecule has 0 radical (unpaired) electrons. The molecular formula is C21H35IN4O3S. The lowest BCUT2D eigenvalue weighted by Gasteiger charge is -2.36. The fourth-order valence-electron chi connectivity index (χ4n) is 3.84. The van der Waals surface area contributed by atoms with Gasteiger partial charge in [0, 0.05) is 45.2 Å². The summed E-state index contributed by atoms with van der Waals surface area (Å²) in [5.74, 6) is 1.42. The maximum absolute atomic E-state index is 12.5. The Bertz CT molecular complexity index is 808. The van der Waals surface area contributed by atoms with Crippen LogP contribution in [0.1, 0.15) is 37.8 Å². The first-order valence-electron chi connectivity index (χ1n) is 10.6. The number of rotatable bonds is 8. The van der Waals surface area contributed by atoms with Crippen molar-refractivity contribution < 1.29 is 13.2 Å². The Hall–Kier alpha value is -0.910. The first kappa shape index (κ1) is 25.4. The van der Waals surface area contributed by atoms with Crippen molar-refractivity contribution in [3.8, 4) is 0 Å². The van der Waals surface area contributed by atoms with Gasteiger partial charge in [-0.05, 0) is 38.3 Å². The molecule has 1 saturated heterocycles. The van der Waals surface area contributed by atoms with Gasteiger partial charge in [0.2, 0.25) is 10.0 Å². The van der Waals surface area contributed by atoms with E-state index < -0.39 is 10.0 Å². The third-order valence-electron chi connectivity index (χ3n) is 5.48. The average molecular weight is 551 g/mol. The van der Waals surface area contributed by atoms with Crippen LogP contribution < -0.4 is 5.32 Å². The van der Waals surface area contributed by atoms with Crippen LogP contribution in [0.25, 0.3) is 0 Å². The Kier molecular flexibility index (Phi) is 9.83. The highest BCUT2D eigenvalue weighted by molar-refractivity contribution is 14.0. The average Bonchev–Trinajstić information content (AvgIpc) is 2.67. The van der Waals surface area contributed by atoms with Crippen LogP contribution in [0.15, 0.2) is 29.3 Å². The summed E-state index contributed by atoms with van der Waals surface area (Å²) in [4.78, 5) is 7.03. The van der Waals surface area contributed by atoms with E-state index in [1.165, 1.54) is 11.1 Å². The first-order valence-corrected chi connectivity index (χ1v) is 12.2. The molecule has 9 heteroatoms. The summed E-state index contributed by atoms with van der Waals surface area (Å²) in [7, 11) is -3.27. The van der Waals surface area contributed by atoms with E-state index in [1.54, 1.807) is 4.31 Å². The van der Waals surface area contributed by atoms with E-state index in [1.807, 2.05) is 13.8 Å². The molecule has 2 aliphatic rings. The van der Waals surface area contributed by atoms with E-state index in [0.29, 0.717) is 32.1 Å². The summed E-state index contributed by atoms with van der Waals surface area (Å²) >= 11 is 0. The van der Waals surface area contributed by atoms with E-state index >= 15 is 0 Å². The molecule has 1 aromatic carbocycles. The second-order valence-electron chi connectivity index (χ2n) is 7.92. The lowest BCUT2D eigenvalue weighted by molar-refractivity contribution is 0.0904. The van der Waals surface area contributed by atoms with Gasteiger partial charge in [-0.25, -0.2) is 8.42 Å². The van der Waals surface area contributed by atoms with E-state index in [-0.39, 0.29) is 42.4 Å². The zero-order valence-corrected chi connectivity index (χ0v) is 21.4. The molecule has 1 aliphatic heterocycles. The molecule has 1 unspecified atom stereocenters. The zero-order chi connectivity index (χ0) is 20.9. The van der Waals surface area contributed by atoms with Crippen molar-refractivity contribution in [2.24, 2.45) is 4.99 Å². The van der Waals surface area contributed by atoms with Gasteiger partial charge in [-0.2, -0.15) is 4.31 Å². The fraction of sp³-hybridized carbons (Fsp3) is 0.667. The van der Waals surface area contributed by atoms with Gasteiger partial charge in [0.15, 0.2) is 5.96 Å². The molecule has 0 bridgehead atoms. The fourth-order valence-corrected chi connectivity index (χ4v) is 5.13. The Labute approximate surface area is 198 Å². The highest BCUT2D eigenvalue weighted by atomic mass is 127. The lowest BCUT2D eigenvalue weighted by Crippen LogP contribution is -2.54. The number of fused-ring (bicyclic) bond motifs is 1. The highest BCUT2D eigenvalue weighted by Crippen LogP contribution is 2.34. The molecule has 0 amide bonds. The zero-order valence-electron chi connectivity index (χ0n) is 18.2. The van der Waals surface area contributed by atoms with Gasteiger partial charge in [0.05, 0.1) is 18.5 Å². The number of sulfonamides is 1. The number of halogens is 1. The number of benzene rings is 1. The summed E-state index contributed by atoms with van der Waals surface area (Å²) in [6.45, 7) is 9.97. The highest BCUT2D eigenvalue weighted by Gasteiger charge is 2.29. The molecule has 1 heterocycles. The number of hydrogen-bond acceptors (Lipinski definition) is 4. The van der Waals surface area contributed by atoms with Crippen molar-refractivity contribution in [2.75, 3.05) is 51.6 Å². The molecule has 1 aliphatic carbocycles. The van der Waals surface area contributed by atoms with Crippen LogP contribution in [-0.4, -0.2) is 81.3 Å². The molecule has 0 aromatic heterocycles. The van der Waals surface area contributed by atoms with Crippen LogP contribution in [0, 0.1) is 0 Å². The van der Waals surface area contributed by atoms with Gasteiger partial charge in [-0.3, -0.25) is 4.99 Å². The largest absolute Gasteiger partial charge is 0.378 e. The van der Waals surface area contributed by atoms with Crippen LogP contribution in [0.4, 0.5) is 0 Å². The molecule has 1 N–H and O–H groups in total. The SMILES string of the molecule is CCNC(=NCC1Cc2ccccc21)N1CCN(S(=O)(=O)CCOC(C)C)CC1.I. The van der Waals surface area contributed by atoms with E-state index in [9.17, 15) is 8.42 Å². The molecular weight excluding hydrogens is 515 g/mol. The van der Waals surface area contributed by atoms with E-state index in [4.69, 9.17) is 9.73 Å². The van der Waals surface area contributed by atoms with Gasteiger partial charge in [0.1, 0.15) is 0 Å². The quantitative estimate of drug-likeness (QED) is 0.306. The van der Waals surface area contributed by atoms with Gasteiger partial charge < -0.3 is 15.0 Å². The third-order valence-corrected chi connectivity index (χ3v) is 7.32. The van der Waals surface area contributed by atoms with Gasteiger partial charge in [-0.1, -0.05) is 24.3 Å². The first-order chi connectivity index (χ1) is 13.9.